The molecule has 1 saturated heterocycles. The first-order valence-corrected chi connectivity index (χ1v) is 7.70. The summed E-state index contributed by atoms with van der Waals surface area (Å²) in [6.45, 7) is 4.57. The van der Waals surface area contributed by atoms with Crippen molar-refractivity contribution in [1.29, 1.82) is 0 Å². The Kier molecular flexibility index (Phi) is 6.34. The van der Waals surface area contributed by atoms with Crippen LogP contribution in [0.25, 0.3) is 0 Å². The molecule has 0 unspecified atom stereocenters. The number of nitrogens with zero attached hydrogens (tertiary/aromatic N) is 4. The summed E-state index contributed by atoms with van der Waals surface area (Å²) in [4.78, 5) is 24.5. The lowest BCUT2D eigenvalue weighted by atomic mass is 10.3. The molecule has 0 aliphatic carbocycles. The lowest BCUT2D eigenvalue weighted by molar-refractivity contribution is -0.130. The fraction of sp³-hybridized carbons (Fsp3) is 0.615. The molecule has 8 heteroatoms. The third kappa shape index (κ3) is 4.90. The molecule has 2 heterocycles. The van der Waals surface area contributed by atoms with Crippen LogP contribution in [0.5, 0.6) is 0 Å². The van der Waals surface area contributed by atoms with Crippen molar-refractivity contribution in [2.24, 2.45) is 0 Å². The van der Waals surface area contributed by atoms with Crippen LogP contribution in [0.2, 0.25) is 0 Å². The number of nitrogens with one attached hydrogen (secondary N) is 1. The minimum absolute atomic E-state index is 0.127. The van der Waals surface area contributed by atoms with Gasteiger partial charge in [-0.2, -0.15) is 0 Å². The van der Waals surface area contributed by atoms with E-state index in [1.54, 1.807) is 19.5 Å². The van der Waals surface area contributed by atoms with E-state index in [-0.39, 0.29) is 5.91 Å². The Hall–Kier alpha value is -1.25. The maximum Gasteiger partial charge on any atom is 0.236 e. The minimum Gasteiger partial charge on any atom is -0.383 e. The Bertz CT molecular complexity index is 448. The number of aromatic nitrogens is 2. The van der Waals surface area contributed by atoms with E-state index in [0.29, 0.717) is 38.7 Å². The van der Waals surface area contributed by atoms with Gasteiger partial charge in [0, 0.05) is 52.2 Å². The van der Waals surface area contributed by atoms with Crippen molar-refractivity contribution in [2.45, 2.75) is 0 Å². The van der Waals surface area contributed by atoms with Crippen molar-refractivity contribution in [3.05, 3.63) is 16.9 Å². The SMILES string of the molecule is COCCNCC(=O)N1CCN(c2ncc(Br)cn2)CC1. The molecule has 1 aliphatic rings. The van der Waals surface area contributed by atoms with Gasteiger partial charge in [-0.15, -0.1) is 0 Å². The van der Waals surface area contributed by atoms with Crippen molar-refractivity contribution < 1.29 is 9.53 Å². The second-order valence-corrected chi connectivity index (χ2v) is 5.65. The zero-order valence-corrected chi connectivity index (χ0v) is 13.7. The van der Waals surface area contributed by atoms with Crippen LogP contribution in [0, 0.1) is 0 Å². The van der Waals surface area contributed by atoms with Crippen molar-refractivity contribution >= 4 is 27.8 Å². The summed E-state index contributed by atoms with van der Waals surface area (Å²) in [7, 11) is 1.65. The average Bonchev–Trinajstić information content (AvgIpc) is 2.52. The molecular weight excluding hydrogens is 338 g/mol. The topological polar surface area (TPSA) is 70.6 Å². The standard InChI is InChI=1S/C13H20BrN5O2/c1-21-7-2-15-10-12(20)18-3-5-19(6-4-18)13-16-8-11(14)9-17-13/h8-9,15H,2-7,10H2,1H3. The number of hydrogen-bond donors (Lipinski definition) is 1. The van der Waals surface area contributed by atoms with Crippen molar-refractivity contribution in [2.75, 3.05) is 57.9 Å². The molecule has 1 aromatic heterocycles. The number of halogens is 1. The second-order valence-electron chi connectivity index (χ2n) is 4.74. The Morgan fingerprint density at radius 3 is 2.62 bits per heavy atom. The van der Waals surface area contributed by atoms with Crippen LogP contribution in [-0.4, -0.2) is 73.8 Å². The van der Waals surface area contributed by atoms with Crippen molar-refractivity contribution in [3.63, 3.8) is 0 Å². The summed E-state index contributed by atoms with van der Waals surface area (Å²) in [6, 6.07) is 0. The Morgan fingerprint density at radius 2 is 2.00 bits per heavy atom. The fourth-order valence-electron chi connectivity index (χ4n) is 2.11. The van der Waals surface area contributed by atoms with E-state index >= 15 is 0 Å². The van der Waals surface area contributed by atoms with Crippen molar-refractivity contribution in [1.82, 2.24) is 20.2 Å². The van der Waals surface area contributed by atoms with Crippen LogP contribution >= 0.6 is 15.9 Å². The highest BCUT2D eigenvalue weighted by Gasteiger charge is 2.22. The summed E-state index contributed by atoms with van der Waals surface area (Å²) < 4.78 is 5.79. The largest absolute Gasteiger partial charge is 0.383 e. The molecule has 0 spiro atoms. The Balaban J connectivity index is 1.75. The highest BCUT2D eigenvalue weighted by Crippen LogP contribution is 2.13. The predicted molar refractivity (Wildman–Crippen MR) is 83.3 cm³/mol. The summed E-state index contributed by atoms with van der Waals surface area (Å²) >= 11 is 3.32. The van der Waals surface area contributed by atoms with E-state index in [1.165, 1.54) is 0 Å². The summed E-state index contributed by atoms with van der Waals surface area (Å²) in [5, 5.41) is 3.07. The molecular formula is C13H20BrN5O2. The highest BCUT2D eigenvalue weighted by atomic mass is 79.9. The zero-order valence-electron chi connectivity index (χ0n) is 12.1. The molecule has 0 radical (unpaired) electrons. The first-order chi connectivity index (χ1) is 10.2. The average molecular weight is 358 g/mol. The Morgan fingerprint density at radius 1 is 1.33 bits per heavy atom. The van der Waals surface area contributed by atoms with E-state index in [2.05, 4.69) is 36.1 Å². The number of anilines is 1. The van der Waals surface area contributed by atoms with Gasteiger partial charge < -0.3 is 19.9 Å². The highest BCUT2D eigenvalue weighted by molar-refractivity contribution is 9.10. The molecule has 1 amide bonds. The van der Waals surface area contributed by atoms with Gasteiger partial charge in [-0.3, -0.25) is 4.79 Å². The quantitative estimate of drug-likeness (QED) is 0.729. The molecule has 1 aromatic rings. The maximum atomic E-state index is 12.0. The summed E-state index contributed by atoms with van der Waals surface area (Å²) in [5.41, 5.74) is 0. The molecule has 2 rings (SSSR count). The third-order valence-electron chi connectivity index (χ3n) is 3.28. The van der Waals surface area contributed by atoms with Crippen LogP contribution in [0.3, 0.4) is 0 Å². The predicted octanol–water partition coefficient (Wildman–Crippen LogP) is 0.124. The number of rotatable bonds is 6. The van der Waals surface area contributed by atoms with Gasteiger partial charge in [0.05, 0.1) is 17.6 Å². The van der Waals surface area contributed by atoms with Gasteiger partial charge in [0.1, 0.15) is 0 Å². The molecule has 1 N–H and O–H groups in total. The van der Waals surface area contributed by atoms with Gasteiger partial charge in [0.25, 0.3) is 0 Å². The molecule has 0 saturated carbocycles. The maximum absolute atomic E-state index is 12.0. The van der Waals surface area contributed by atoms with Crippen LogP contribution < -0.4 is 10.2 Å². The number of carbonyl (C=O) groups excluding carboxylic acids is 1. The summed E-state index contributed by atoms with van der Waals surface area (Å²) in [6.07, 6.45) is 3.47. The van der Waals surface area contributed by atoms with Crippen molar-refractivity contribution in [3.8, 4) is 0 Å². The van der Waals surface area contributed by atoms with E-state index in [0.717, 1.165) is 17.6 Å². The first-order valence-electron chi connectivity index (χ1n) is 6.90. The number of amides is 1. The van der Waals surface area contributed by atoms with E-state index < -0.39 is 0 Å². The molecule has 0 atom stereocenters. The van der Waals surface area contributed by atoms with Gasteiger partial charge in [0.15, 0.2) is 0 Å². The van der Waals surface area contributed by atoms with Crippen LogP contribution in [0.15, 0.2) is 16.9 Å². The first kappa shape index (κ1) is 16.1. The normalized spacial score (nSPS) is 15.3. The molecule has 7 nitrogen and oxygen atoms in total. The molecule has 0 aromatic carbocycles. The number of carbonyl (C=O) groups is 1. The van der Waals surface area contributed by atoms with Gasteiger partial charge in [-0.25, -0.2) is 9.97 Å². The van der Waals surface area contributed by atoms with E-state index in [1.807, 2.05) is 4.90 Å². The molecule has 21 heavy (non-hydrogen) atoms. The smallest absolute Gasteiger partial charge is 0.236 e. The molecule has 1 aliphatic heterocycles. The number of hydrogen-bond acceptors (Lipinski definition) is 6. The monoisotopic (exact) mass is 357 g/mol. The number of methoxy groups -OCH3 is 1. The minimum atomic E-state index is 0.127. The zero-order chi connectivity index (χ0) is 15.1. The van der Waals surface area contributed by atoms with Gasteiger partial charge in [-0.1, -0.05) is 0 Å². The van der Waals surface area contributed by atoms with Crippen LogP contribution in [0.1, 0.15) is 0 Å². The fourth-order valence-corrected chi connectivity index (χ4v) is 2.31. The molecule has 0 bridgehead atoms. The van der Waals surface area contributed by atoms with E-state index in [9.17, 15) is 4.79 Å². The lowest BCUT2D eigenvalue weighted by Gasteiger charge is -2.34. The van der Waals surface area contributed by atoms with Crippen LogP contribution in [-0.2, 0) is 9.53 Å². The molecule has 1 fully saturated rings. The van der Waals surface area contributed by atoms with Gasteiger partial charge in [0.2, 0.25) is 11.9 Å². The van der Waals surface area contributed by atoms with Crippen LogP contribution in [0.4, 0.5) is 5.95 Å². The summed E-state index contributed by atoms with van der Waals surface area (Å²) in [5.74, 6) is 0.839. The second kappa shape index (κ2) is 8.26. The third-order valence-corrected chi connectivity index (χ3v) is 3.69. The van der Waals surface area contributed by atoms with Gasteiger partial charge >= 0.3 is 0 Å². The number of piperazine rings is 1. The number of ether oxygens (including phenoxy) is 1. The van der Waals surface area contributed by atoms with Gasteiger partial charge in [-0.05, 0) is 15.9 Å². The van der Waals surface area contributed by atoms with E-state index in [4.69, 9.17) is 4.74 Å². The lowest BCUT2D eigenvalue weighted by Crippen LogP contribution is -2.51. The molecule has 116 valence electrons. The Labute approximate surface area is 132 Å².